The molecular formula is C15H12O2S. The highest BCUT2D eigenvalue weighted by Gasteiger charge is 2.23. The van der Waals surface area contributed by atoms with Gasteiger partial charge in [0.25, 0.3) is 0 Å². The summed E-state index contributed by atoms with van der Waals surface area (Å²) in [6.45, 7) is 2.08. The molecule has 0 fully saturated rings. The van der Waals surface area contributed by atoms with Crippen molar-refractivity contribution in [1.29, 1.82) is 0 Å². The molecule has 0 radical (unpaired) electrons. The summed E-state index contributed by atoms with van der Waals surface area (Å²) in [5.74, 6) is 0.568. The molecule has 0 spiro atoms. The minimum absolute atomic E-state index is 0.164. The zero-order valence-corrected chi connectivity index (χ0v) is 10.8. The average molecular weight is 256 g/mol. The standard InChI is InChI=1S/C15H12O2S/c1-10-5-2-3-7-12(10)18-13-8-4-6-11-9-14(16)17-15(11)13/h2-8H,9H2,1H3. The number of hydrogen-bond acceptors (Lipinski definition) is 3. The average Bonchev–Trinajstić information content (AvgIpc) is 2.73. The Labute approximate surface area is 110 Å². The molecule has 0 atom stereocenters. The summed E-state index contributed by atoms with van der Waals surface area (Å²) >= 11 is 1.64. The maximum absolute atomic E-state index is 11.3. The normalized spacial score (nSPS) is 13.3. The summed E-state index contributed by atoms with van der Waals surface area (Å²) in [4.78, 5) is 13.5. The third-order valence-corrected chi connectivity index (χ3v) is 4.14. The maximum Gasteiger partial charge on any atom is 0.315 e. The van der Waals surface area contributed by atoms with Gasteiger partial charge in [0.1, 0.15) is 5.75 Å². The predicted molar refractivity (Wildman–Crippen MR) is 71.1 cm³/mol. The Morgan fingerprint density at radius 2 is 1.83 bits per heavy atom. The molecule has 0 bridgehead atoms. The summed E-state index contributed by atoms with van der Waals surface area (Å²) in [6.07, 6.45) is 0.386. The van der Waals surface area contributed by atoms with E-state index >= 15 is 0 Å². The fraction of sp³-hybridized carbons (Fsp3) is 0.133. The molecule has 0 aliphatic carbocycles. The van der Waals surface area contributed by atoms with Crippen LogP contribution in [0.15, 0.2) is 52.3 Å². The molecule has 0 unspecified atom stereocenters. The van der Waals surface area contributed by atoms with Crippen molar-refractivity contribution < 1.29 is 9.53 Å². The van der Waals surface area contributed by atoms with Crippen LogP contribution in [0.5, 0.6) is 5.75 Å². The second-order valence-electron chi connectivity index (χ2n) is 4.26. The van der Waals surface area contributed by atoms with E-state index in [1.807, 2.05) is 30.3 Å². The SMILES string of the molecule is Cc1ccccc1Sc1cccc2c1OC(=O)C2. The van der Waals surface area contributed by atoms with E-state index in [2.05, 4.69) is 19.1 Å². The molecule has 0 saturated heterocycles. The fourth-order valence-corrected chi connectivity index (χ4v) is 3.02. The summed E-state index contributed by atoms with van der Waals surface area (Å²) in [7, 11) is 0. The number of hydrogen-bond donors (Lipinski definition) is 0. The Bertz CT molecular complexity index is 620. The van der Waals surface area contributed by atoms with Gasteiger partial charge in [0.15, 0.2) is 0 Å². The fourth-order valence-electron chi connectivity index (χ4n) is 1.99. The van der Waals surface area contributed by atoms with Crippen LogP contribution in [0.4, 0.5) is 0 Å². The lowest BCUT2D eigenvalue weighted by atomic mass is 10.2. The highest BCUT2D eigenvalue weighted by molar-refractivity contribution is 7.99. The Hall–Kier alpha value is -1.74. The van der Waals surface area contributed by atoms with E-state index in [0.717, 1.165) is 16.2 Å². The molecule has 1 aliphatic rings. The number of para-hydroxylation sites is 1. The predicted octanol–water partition coefficient (Wildman–Crippen LogP) is 3.61. The lowest BCUT2D eigenvalue weighted by molar-refractivity contribution is -0.132. The van der Waals surface area contributed by atoms with Crippen LogP contribution in [0.1, 0.15) is 11.1 Å². The first kappa shape index (κ1) is 11.4. The number of carbonyl (C=O) groups is 1. The number of carbonyl (C=O) groups excluding carboxylic acids is 1. The van der Waals surface area contributed by atoms with Crippen LogP contribution < -0.4 is 4.74 Å². The van der Waals surface area contributed by atoms with Crippen molar-refractivity contribution in [3.05, 3.63) is 53.6 Å². The molecule has 18 heavy (non-hydrogen) atoms. The topological polar surface area (TPSA) is 26.3 Å². The number of esters is 1. The summed E-state index contributed by atoms with van der Waals surface area (Å²) in [5, 5.41) is 0. The van der Waals surface area contributed by atoms with Gasteiger partial charge in [-0.15, -0.1) is 0 Å². The van der Waals surface area contributed by atoms with E-state index in [1.165, 1.54) is 10.5 Å². The molecule has 3 rings (SSSR count). The van der Waals surface area contributed by atoms with Gasteiger partial charge in [0, 0.05) is 10.5 Å². The van der Waals surface area contributed by atoms with Gasteiger partial charge in [-0.25, -0.2) is 0 Å². The molecule has 2 aromatic rings. The van der Waals surface area contributed by atoms with Gasteiger partial charge < -0.3 is 4.74 Å². The van der Waals surface area contributed by atoms with E-state index < -0.39 is 0 Å². The van der Waals surface area contributed by atoms with Crippen molar-refractivity contribution in [1.82, 2.24) is 0 Å². The van der Waals surface area contributed by atoms with Crippen LogP contribution in [0.25, 0.3) is 0 Å². The van der Waals surface area contributed by atoms with Crippen molar-refractivity contribution in [3.8, 4) is 5.75 Å². The summed E-state index contributed by atoms with van der Waals surface area (Å²) < 4.78 is 5.29. The van der Waals surface area contributed by atoms with Gasteiger partial charge in [0.05, 0.1) is 11.3 Å². The van der Waals surface area contributed by atoms with E-state index in [9.17, 15) is 4.79 Å². The minimum Gasteiger partial charge on any atom is -0.425 e. The van der Waals surface area contributed by atoms with E-state index in [4.69, 9.17) is 4.74 Å². The second-order valence-corrected chi connectivity index (χ2v) is 5.35. The van der Waals surface area contributed by atoms with Gasteiger partial charge >= 0.3 is 5.97 Å². The van der Waals surface area contributed by atoms with Gasteiger partial charge in [-0.1, -0.05) is 42.1 Å². The minimum atomic E-state index is -0.164. The number of rotatable bonds is 2. The van der Waals surface area contributed by atoms with Crippen molar-refractivity contribution in [3.63, 3.8) is 0 Å². The Morgan fingerprint density at radius 1 is 1.06 bits per heavy atom. The van der Waals surface area contributed by atoms with Gasteiger partial charge in [0.2, 0.25) is 0 Å². The third-order valence-electron chi connectivity index (χ3n) is 2.92. The molecule has 0 aromatic heterocycles. The van der Waals surface area contributed by atoms with Crippen LogP contribution >= 0.6 is 11.8 Å². The molecule has 1 heterocycles. The van der Waals surface area contributed by atoms with Gasteiger partial charge in [-0.05, 0) is 24.6 Å². The van der Waals surface area contributed by atoms with Gasteiger partial charge in [-0.2, -0.15) is 0 Å². The first-order chi connectivity index (χ1) is 8.74. The highest BCUT2D eigenvalue weighted by Crippen LogP contribution is 2.40. The van der Waals surface area contributed by atoms with Crippen molar-refractivity contribution in [2.75, 3.05) is 0 Å². The van der Waals surface area contributed by atoms with Crippen LogP contribution in [0, 0.1) is 6.92 Å². The summed E-state index contributed by atoms with van der Waals surface area (Å²) in [6, 6.07) is 14.1. The number of benzene rings is 2. The maximum atomic E-state index is 11.3. The zero-order valence-electron chi connectivity index (χ0n) is 9.97. The largest absolute Gasteiger partial charge is 0.425 e. The lowest BCUT2D eigenvalue weighted by Gasteiger charge is -2.08. The molecule has 0 amide bonds. The van der Waals surface area contributed by atoms with Crippen molar-refractivity contribution >= 4 is 17.7 Å². The summed E-state index contributed by atoms with van der Waals surface area (Å²) in [5.41, 5.74) is 2.21. The molecular weight excluding hydrogens is 244 g/mol. The van der Waals surface area contributed by atoms with E-state index in [0.29, 0.717) is 6.42 Å². The van der Waals surface area contributed by atoms with Crippen LogP contribution in [0.3, 0.4) is 0 Å². The van der Waals surface area contributed by atoms with Crippen LogP contribution in [-0.4, -0.2) is 5.97 Å². The molecule has 90 valence electrons. The van der Waals surface area contributed by atoms with Crippen molar-refractivity contribution in [2.24, 2.45) is 0 Å². The second kappa shape index (κ2) is 4.50. The first-order valence-electron chi connectivity index (χ1n) is 5.80. The van der Waals surface area contributed by atoms with Crippen molar-refractivity contribution in [2.45, 2.75) is 23.1 Å². The smallest absolute Gasteiger partial charge is 0.315 e. The number of ether oxygens (including phenoxy) is 1. The van der Waals surface area contributed by atoms with Crippen LogP contribution in [0.2, 0.25) is 0 Å². The molecule has 2 nitrogen and oxygen atoms in total. The quantitative estimate of drug-likeness (QED) is 0.606. The third kappa shape index (κ3) is 2.02. The lowest BCUT2D eigenvalue weighted by Crippen LogP contribution is -2.00. The van der Waals surface area contributed by atoms with Crippen LogP contribution in [-0.2, 0) is 11.2 Å². The molecule has 1 aliphatic heterocycles. The van der Waals surface area contributed by atoms with Gasteiger partial charge in [-0.3, -0.25) is 4.79 Å². The monoisotopic (exact) mass is 256 g/mol. The first-order valence-corrected chi connectivity index (χ1v) is 6.62. The zero-order chi connectivity index (χ0) is 12.5. The van der Waals surface area contributed by atoms with E-state index in [-0.39, 0.29) is 5.97 Å². The number of fused-ring (bicyclic) bond motifs is 1. The highest BCUT2D eigenvalue weighted by atomic mass is 32.2. The Balaban J connectivity index is 1.98. The molecule has 0 saturated carbocycles. The Kier molecular flexibility index (Phi) is 2.84. The molecule has 2 aromatic carbocycles. The van der Waals surface area contributed by atoms with E-state index in [1.54, 1.807) is 11.8 Å². The Morgan fingerprint density at radius 3 is 2.67 bits per heavy atom. The number of aryl methyl sites for hydroxylation is 1. The molecule has 0 N–H and O–H groups in total. The molecule has 3 heteroatoms.